The van der Waals surface area contributed by atoms with Gasteiger partial charge in [0.2, 0.25) is 5.69 Å². The van der Waals surface area contributed by atoms with Crippen molar-refractivity contribution >= 4 is 17.2 Å². The van der Waals surface area contributed by atoms with Crippen LogP contribution in [-0.2, 0) is 6.42 Å². The molecule has 6 heteroatoms. The van der Waals surface area contributed by atoms with Crippen LogP contribution in [0.1, 0.15) is 51.0 Å². The number of rotatable bonds is 9. The molecule has 6 nitrogen and oxygen atoms in total. The molecule has 132 valence electrons. The third-order valence-electron chi connectivity index (χ3n) is 4.03. The summed E-state index contributed by atoms with van der Waals surface area (Å²) in [7, 11) is 0. The van der Waals surface area contributed by atoms with Gasteiger partial charge in [-0.05, 0) is 18.9 Å². The van der Waals surface area contributed by atoms with E-state index >= 15 is 0 Å². The molecule has 0 bridgehead atoms. The second-order valence-electron chi connectivity index (χ2n) is 6.11. The van der Waals surface area contributed by atoms with Gasteiger partial charge in [0.1, 0.15) is 5.82 Å². The summed E-state index contributed by atoms with van der Waals surface area (Å²) in [4.78, 5) is 30.8. The van der Waals surface area contributed by atoms with Gasteiger partial charge in [0.25, 0.3) is 5.56 Å². The number of aryl methyl sites for hydroxylation is 1. The first kappa shape index (κ1) is 18.5. The largest absolute Gasteiger partial charge is 0.351 e. The van der Waals surface area contributed by atoms with E-state index in [9.17, 15) is 9.59 Å². The van der Waals surface area contributed by atoms with Crippen LogP contribution >= 0.6 is 0 Å². The minimum atomic E-state index is -0.584. The predicted octanol–water partition coefficient (Wildman–Crippen LogP) is 4.26. The van der Waals surface area contributed by atoms with Gasteiger partial charge in [0.15, 0.2) is 0 Å². The summed E-state index contributed by atoms with van der Waals surface area (Å²) in [5.74, 6) is 0.266. The van der Waals surface area contributed by atoms with E-state index in [0.717, 1.165) is 18.4 Å². The highest BCUT2D eigenvalue weighted by Gasteiger charge is 2.06. The van der Waals surface area contributed by atoms with E-state index in [4.69, 9.17) is 6.57 Å². The predicted molar refractivity (Wildman–Crippen MR) is 101 cm³/mol. The maximum absolute atomic E-state index is 11.3. The summed E-state index contributed by atoms with van der Waals surface area (Å²) in [5.41, 5.74) is 1.10. The fraction of sp³-hybridized carbons (Fsp3) is 0.421. The molecule has 0 atom stereocenters. The molecule has 1 heterocycles. The van der Waals surface area contributed by atoms with Crippen LogP contribution in [0.2, 0.25) is 0 Å². The van der Waals surface area contributed by atoms with Crippen LogP contribution in [0.4, 0.5) is 17.2 Å². The van der Waals surface area contributed by atoms with Gasteiger partial charge in [-0.3, -0.25) is 14.8 Å². The molecule has 0 radical (unpaired) electrons. The van der Waals surface area contributed by atoms with E-state index < -0.39 is 11.2 Å². The zero-order valence-electron chi connectivity index (χ0n) is 14.5. The van der Waals surface area contributed by atoms with Crippen molar-refractivity contribution in [3.05, 3.63) is 62.1 Å². The number of hydrogen-bond acceptors (Lipinski definition) is 3. The molecule has 0 saturated carbocycles. The van der Waals surface area contributed by atoms with Crippen LogP contribution in [-0.4, -0.2) is 9.97 Å². The Bertz CT molecular complexity index is 817. The number of unbranched alkanes of at least 4 members (excludes halogenated alkanes) is 5. The lowest BCUT2D eigenvalue weighted by atomic mass is 10.0. The smallest absolute Gasteiger partial charge is 0.327 e. The normalized spacial score (nSPS) is 10.4. The molecule has 2 aromatic rings. The molecular formula is C19H24N4O2. The summed E-state index contributed by atoms with van der Waals surface area (Å²) in [6, 6.07) is 6.92. The number of H-pyrrole nitrogens is 2. The molecule has 0 amide bonds. The van der Waals surface area contributed by atoms with E-state index in [-0.39, 0.29) is 5.82 Å². The van der Waals surface area contributed by atoms with Crippen LogP contribution in [0.3, 0.4) is 0 Å². The summed E-state index contributed by atoms with van der Waals surface area (Å²) in [6.07, 6.45) is 8.39. The van der Waals surface area contributed by atoms with Crippen LogP contribution in [0, 0.1) is 6.57 Å². The van der Waals surface area contributed by atoms with Crippen LogP contribution in [0.5, 0.6) is 0 Å². The van der Waals surface area contributed by atoms with Gasteiger partial charge in [-0.25, -0.2) is 9.64 Å². The second kappa shape index (κ2) is 9.48. The van der Waals surface area contributed by atoms with Crippen molar-refractivity contribution in [3.8, 4) is 0 Å². The molecule has 2 rings (SSSR count). The van der Waals surface area contributed by atoms with Crippen molar-refractivity contribution in [1.29, 1.82) is 0 Å². The molecule has 0 fully saturated rings. The van der Waals surface area contributed by atoms with E-state index in [1.54, 1.807) is 0 Å². The van der Waals surface area contributed by atoms with E-state index in [0.29, 0.717) is 11.4 Å². The molecule has 0 saturated heterocycles. The minimum Gasteiger partial charge on any atom is -0.351 e. The lowest BCUT2D eigenvalue weighted by Crippen LogP contribution is -2.22. The van der Waals surface area contributed by atoms with Gasteiger partial charge in [0.05, 0.1) is 6.57 Å². The molecular weight excluding hydrogens is 316 g/mol. The average molecular weight is 340 g/mol. The summed E-state index contributed by atoms with van der Waals surface area (Å²) in [6.45, 7) is 9.58. The van der Waals surface area contributed by atoms with Crippen molar-refractivity contribution in [2.75, 3.05) is 5.32 Å². The van der Waals surface area contributed by atoms with Crippen molar-refractivity contribution in [1.82, 2.24) is 9.97 Å². The fourth-order valence-corrected chi connectivity index (χ4v) is 2.72. The Morgan fingerprint density at radius 2 is 1.80 bits per heavy atom. The van der Waals surface area contributed by atoms with Gasteiger partial charge < -0.3 is 5.32 Å². The second-order valence-corrected chi connectivity index (χ2v) is 6.11. The highest BCUT2D eigenvalue weighted by Crippen LogP contribution is 2.29. The molecule has 3 N–H and O–H groups in total. The Kier molecular flexibility index (Phi) is 7.02. The average Bonchev–Trinajstić information content (AvgIpc) is 2.58. The number of aromatic nitrogens is 2. The van der Waals surface area contributed by atoms with Gasteiger partial charge in [0, 0.05) is 11.8 Å². The number of hydrogen-bond donors (Lipinski definition) is 3. The molecule has 25 heavy (non-hydrogen) atoms. The Morgan fingerprint density at radius 3 is 2.52 bits per heavy atom. The molecule has 0 aliphatic carbocycles. The maximum Gasteiger partial charge on any atom is 0.327 e. The number of benzene rings is 1. The van der Waals surface area contributed by atoms with Crippen molar-refractivity contribution in [3.63, 3.8) is 0 Å². The maximum atomic E-state index is 11.3. The topological polar surface area (TPSA) is 82.1 Å². The fourth-order valence-electron chi connectivity index (χ4n) is 2.72. The molecule has 0 aliphatic heterocycles. The summed E-state index contributed by atoms with van der Waals surface area (Å²) < 4.78 is 0. The van der Waals surface area contributed by atoms with Crippen molar-refractivity contribution in [2.24, 2.45) is 0 Å². The number of aromatic amines is 2. The zero-order valence-corrected chi connectivity index (χ0v) is 14.5. The van der Waals surface area contributed by atoms with Gasteiger partial charge in [-0.1, -0.05) is 56.7 Å². The highest BCUT2D eigenvalue weighted by molar-refractivity contribution is 5.74. The third kappa shape index (κ3) is 5.96. The van der Waals surface area contributed by atoms with Gasteiger partial charge >= 0.3 is 5.69 Å². The number of nitrogens with zero attached hydrogens (tertiary/aromatic N) is 1. The third-order valence-corrected chi connectivity index (χ3v) is 4.03. The Morgan fingerprint density at radius 1 is 1.04 bits per heavy atom. The first-order valence-electron chi connectivity index (χ1n) is 8.73. The summed E-state index contributed by atoms with van der Waals surface area (Å²) in [5, 5.41) is 2.93. The Hall–Kier alpha value is -2.81. The Labute approximate surface area is 147 Å². The van der Waals surface area contributed by atoms with Crippen LogP contribution in [0.15, 0.2) is 33.9 Å². The SMILES string of the molecule is [C-]#[N+]c1cc(CCCCCCCC)ccc1Nc1cc(=O)[nH]c(=O)[nH]1. The van der Waals surface area contributed by atoms with Crippen molar-refractivity contribution in [2.45, 2.75) is 51.9 Å². The monoisotopic (exact) mass is 340 g/mol. The van der Waals surface area contributed by atoms with E-state index in [1.807, 2.05) is 18.2 Å². The molecule has 0 spiro atoms. The molecule has 0 unspecified atom stereocenters. The number of nitrogens with one attached hydrogen (secondary N) is 3. The van der Waals surface area contributed by atoms with Crippen LogP contribution in [0.25, 0.3) is 4.85 Å². The van der Waals surface area contributed by atoms with Gasteiger partial charge in [-0.2, -0.15) is 0 Å². The summed E-state index contributed by atoms with van der Waals surface area (Å²) >= 11 is 0. The highest BCUT2D eigenvalue weighted by atomic mass is 16.2. The quantitative estimate of drug-likeness (QED) is 0.471. The Balaban J connectivity index is 2.00. The van der Waals surface area contributed by atoms with Gasteiger partial charge in [-0.15, -0.1) is 0 Å². The first-order chi connectivity index (χ1) is 12.1. The lowest BCUT2D eigenvalue weighted by molar-refractivity contribution is 0.607. The van der Waals surface area contributed by atoms with E-state index in [2.05, 4.69) is 27.1 Å². The molecule has 1 aromatic heterocycles. The lowest BCUT2D eigenvalue weighted by Gasteiger charge is -2.10. The van der Waals surface area contributed by atoms with Crippen LogP contribution < -0.4 is 16.6 Å². The standard InChI is InChI=1S/C19H24N4O2/c1-3-4-5-6-7-8-9-14-10-11-15(16(12-14)20-2)21-17-13-18(24)23-19(25)22-17/h10-13H,3-9H2,1H3,(H3,21,22,23,24,25). The van der Waals surface area contributed by atoms with Crippen molar-refractivity contribution < 1.29 is 0 Å². The first-order valence-corrected chi connectivity index (χ1v) is 8.73. The molecule has 1 aromatic carbocycles. The number of anilines is 2. The molecule has 0 aliphatic rings. The van der Waals surface area contributed by atoms with E-state index in [1.165, 1.54) is 38.2 Å². The zero-order chi connectivity index (χ0) is 18.1. The minimum absolute atomic E-state index is 0.266.